The molecule has 0 bridgehead atoms. The third kappa shape index (κ3) is 4.21. The predicted octanol–water partition coefficient (Wildman–Crippen LogP) is 2.86. The van der Waals surface area contributed by atoms with Gasteiger partial charge in [0, 0.05) is 6.54 Å². The number of nitrogens with one attached hydrogen (secondary N) is 1. The SMILES string of the molecule is CCCNCc1cc(Br)c(OCC#N)c(OC)c1. The average Bonchev–Trinajstić information content (AvgIpc) is 2.37. The molecule has 0 heterocycles. The molecule has 0 spiro atoms. The molecule has 0 radical (unpaired) electrons. The van der Waals surface area contributed by atoms with Crippen molar-refractivity contribution in [3.05, 3.63) is 22.2 Å². The lowest BCUT2D eigenvalue weighted by Crippen LogP contribution is -2.14. The lowest BCUT2D eigenvalue weighted by Gasteiger charge is -2.13. The van der Waals surface area contributed by atoms with Crippen LogP contribution in [0.1, 0.15) is 18.9 Å². The van der Waals surface area contributed by atoms with Crippen LogP contribution in [0.2, 0.25) is 0 Å². The van der Waals surface area contributed by atoms with E-state index in [9.17, 15) is 0 Å². The van der Waals surface area contributed by atoms with Crippen LogP contribution < -0.4 is 14.8 Å². The van der Waals surface area contributed by atoms with Gasteiger partial charge in [-0.2, -0.15) is 5.26 Å². The standard InChI is InChI=1S/C13H17BrN2O2/c1-3-5-16-9-10-7-11(14)13(18-6-4-15)12(8-10)17-2/h7-8,16H,3,5-6,9H2,1-2H3. The number of hydrogen-bond donors (Lipinski definition) is 1. The van der Waals surface area contributed by atoms with Gasteiger partial charge in [0.1, 0.15) is 6.07 Å². The molecular formula is C13H17BrN2O2. The van der Waals surface area contributed by atoms with E-state index < -0.39 is 0 Å². The molecule has 0 atom stereocenters. The fraction of sp³-hybridized carbons (Fsp3) is 0.462. The molecule has 0 saturated heterocycles. The first-order valence-corrected chi connectivity index (χ1v) is 6.59. The number of hydrogen-bond acceptors (Lipinski definition) is 4. The molecule has 0 aliphatic carbocycles. The van der Waals surface area contributed by atoms with E-state index in [0.717, 1.165) is 29.5 Å². The summed E-state index contributed by atoms with van der Waals surface area (Å²) in [5, 5.41) is 11.9. The molecule has 0 fully saturated rings. The molecule has 1 N–H and O–H groups in total. The number of halogens is 1. The zero-order valence-corrected chi connectivity index (χ0v) is 12.2. The summed E-state index contributed by atoms with van der Waals surface area (Å²) in [6.07, 6.45) is 1.10. The Morgan fingerprint density at radius 3 is 2.83 bits per heavy atom. The summed E-state index contributed by atoms with van der Waals surface area (Å²) in [5.74, 6) is 1.20. The van der Waals surface area contributed by atoms with Crippen molar-refractivity contribution in [1.82, 2.24) is 5.32 Å². The Balaban J connectivity index is 2.85. The lowest BCUT2D eigenvalue weighted by atomic mass is 10.2. The Morgan fingerprint density at radius 2 is 2.22 bits per heavy atom. The van der Waals surface area contributed by atoms with Crippen LogP contribution in [0.3, 0.4) is 0 Å². The summed E-state index contributed by atoms with van der Waals surface area (Å²) in [6, 6.07) is 5.83. The quantitative estimate of drug-likeness (QED) is 0.787. The van der Waals surface area contributed by atoms with Gasteiger partial charge in [-0.25, -0.2) is 0 Å². The van der Waals surface area contributed by atoms with E-state index >= 15 is 0 Å². The van der Waals surface area contributed by atoms with Crippen molar-refractivity contribution in [3.63, 3.8) is 0 Å². The highest BCUT2D eigenvalue weighted by atomic mass is 79.9. The molecule has 18 heavy (non-hydrogen) atoms. The molecule has 0 unspecified atom stereocenters. The van der Waals surface area contributed by atoms with Crippen LogP contribution in [-0.4, -0.2) is 20.3 Å². The summed E-state index contributed by atoms with van der Waals surface area (Å²) in [7, 11) is 1.59. The Kier molecular flexibility index (Phi) is 6.55. The van der Waals surface area contributed by atoms with Crippen molar-refractivity contribution in [2.24, 2.45) is 0 Å². The molecular weight excluding hydrogens is 296 g/mol. The van der Waals surface area contributed by atoms with Crippen molar-refractivity contribution in [2.75, 3.05) is 20.3 Å². The predicted molar refractivity (Wildman–Crippen MR) is 73.8 cm³/mol. The third-order valence-electron chi connectivity index (χ3n) is 2.33. The highest BCUT2D eigenvalue weighted by Gasteiger charge is 2.11. The smallest absolute Gasteiger partial charge is 0.176 e. The van der Waals surface area contributed by atoms with Gasteiger partial charge in [-0.05, 0) is 46.6 Å². The van der Waals surface area contributed by atoms with E-state index in [4.69, 9.17) is 14.7 Å². The second-order valence-corrected chi connectivity index (χ2v) is 4.59. The van der Waals surface area contributed by atoms with Crippen LogP contribution in [0, 0.1) is 11.3 Å². The van der Waals surface area contributed by atoms with Crippen LogP contribution in [0.15, 0.2) is 16.6 Å². The molecule has 1 aromatic rings. The number of nitrogens with zero attached hydrogens (tertiary/aromatic N) is 1. The molecule has 4 nitrogen and oxygen atoms in total. The van der Waals surface area contributed by atoms with Crippen molar-refractivity contribution < 1.29 is 9.47 Å². The van der Waals surface area contributed by atoms with Crippen LogP contribution in [0.25, 0.3) is 0 Å². The van der Waals surface area contributed by atoms with Gasteiger partial charge in [0.2, 0.25) is 0 Å². The van der Waals surface area contributed by atoms with Crippen LogP contribution >= 0.6 is 15.9 Å². The highest BCUT2D eigenvalue weighted by Crippen LogP contribution is 2.36. The maximum absolute atomic E-state index is 8.54. The van der Waals surface area contributed by atoms with E-state index in [2.05, 4.69) is 28.2 Å². The van der Waals surface area contributed by atoms with Crippen molar-refractivity contribution in [2.45, 2.75) is 19.9 Å². The summed E-state index contributed by atoms with van der Waals surface area (Å²) in [6.45, 7) is 3.89. The maximum atomic E-state index is 8.54. The summed E-state index contributed by atoms with van der Waals surface area (Å²) in [4.78, 5) is 0. The van der Waals surface area contributed by atoms with E-state index in [1.165, 1.54) is 0 Å². The minimum atomic E-state index is 0.00237. The van der Waals surface area contributed by atoms with Crippen molar-refractivity contribution in [1.29, 1.82) is 5.26 Å². The maximum Gasteiger partial charge on any atom is 0.176 e. The largest absolute Gasteiger partial charge is 0.493 e. The average molecular weight is 313 g/mol. The number of nitriles is 1. The van der Waals surface area contributed by atoms with Gasteiger partial charge in [-0.3, -0.25) is 0 Å². The summed E-state index contributed by atoms with van der Waals surface area (Å²) >= 11 is 3.44. The highest BCUT2D eigenvalue weighted by molar-refractivity contribution is 9.10. The third-order valence-corrected chi connectivity index (χ3v) is 2.92. The number of benzene rings is 1. The molecule has 5 heteroatoms. The molecule has 1 rings (SSSR count). The first-order valence-electron chi connectivity index (χ1n) is 5.79. The Bertz CT molecular complexity index is 430. The van der Waals surface area contributed by atoms with Gasteiger partial charge in [0.15, 0.2) is 18.1 Å². The second-order valence-electron chi connectivity index (χ2n) is 3.73. The van der Waals surface area contributed by atoms with Crippen molar-refractivity contribution in [3.8, 4) is 17.6 Å². The fourth-order valence-corrected chi connectivity index (χ4v) is 2.13. The molecule has 0 saturated carbocycles. The normalized spacial score (nSPS) is 9.89. The molecule has 0 amide bonds. The summed E-state index contributed by atoms with van der Waals surface area (Å²) in [5.41, 5.74) is 1.11. The minimum Gasteiger partial charge on any atom is -0.493 e. The van der Waals surface area contributed by atoms with E-state index in [0.29, 0.717) is 11.5 Å². The van der Waals surface area contributed by atoms with E-state index in [1.807, 2.05) is 18.2 Å². The molecule has 0 aliphatic rings. The van der Waals surface area contributed by atoms with Gasteiger partial charge in [-0.15, -0.1) is 0 Å². The second kappa shape index (κ2) is 7.96. The minimum absolute atomic E-state index is 0.00237. The zero-order chi connectivity index (χ0) is 13.4. The molecule has 1 aromatic carbocycles. The van der Waals surface area contributed by atoms with Gasteiger partial charge >= 0.3 is 0 Å². The van der Waals surface area contributed by atoms with Crippen LogP contribution in [0.4, 0.5) is 0 Å². The Morgan fingerprint density at radius 1 is 1.44 bits per heavy atom. The molecule has 0 aliphatic heterocycles. The topological polar surface area (TPSA) is 54.3 Å². The lowest BCUT2D eigenvalue weighted by molar-refractivity contribution is 0.327. The molecule has 0 aromatic heterocycles. The van der Waals surface area contributed by atoms with E-state index in [-0.39, 0.29) is 6.61 Å². The molecule has 98 valence electrons. The van der Waals surface area contributed by atoms with Gasteiger partial charge in [0.25, 0.3) is 0 Å². The number of ether oxygens (including phenoxy) is 2. The monoisotopic (exact) mass is 312 g/mol. The zero-order valence-electron chi connectivity index (χ0n) is 10.6. The van der Waals surface area contributed by atoms with Crippen LogP contribution in [0.5, 0.6) is 11.5 Å². The Labute approximate surface area is 116 Å². The van der Waals surface area contributed by atoms with Crippen molar-refractivity contribution >= 4 is 15.9 Å². The van der Waals surface area contributed by atoms with Crippen LogP contribution in [-0.2, 0) is 6.54 Å². The van der Waals surface area contributed by atoms with Gasteiger partial charge in [0.05, 0.1) is 11.6 Å². The first kappa shape index (κ1) is 14.8. The fourth-order valence-electron chi connectivity index (χ4n) is 1.53. The number of rotatable bonds is 7. The van der Waals surface area contributed by atoms with Gasteiger partial charge in [-0.1, -0.05) is 6.92 Å². The van der Waals surface area contributed by atoms with E-state index in [1.54, 1.807) is 7.11 Å². The first-order chi connectivity index (χ1) is 8.72. The van der Waals surface area contributed by atoms with Gasteiger partial charge < -0.3 is 14.8 Å². The number of methoxy groups -OCH3 is 1. The summed E-state index contributed by atoms with van der Waals surface area (Å²) < 4.78 is 11.4. The Hall–Kier alpha value is -1.25.